The molecule has 2 atom stereocenters. The maximum Gasteiger partial charge on any atom is 0.315 e. The molecule has 110 valence electrons. The lowest BCUT2D eigenvalue weighted by molar-refractivity contribution is 0.236. The maximum absolute atomic E-state index is 11.8. The van der Waals surface area contributed by atoms with Crippen molar-refractivity contribution in [2.24, 2.45) is 0 Å². The van der Waals surface area contributed by atoms with Gasteiger partial charge in [-0.05, 0) is 38.4 Å². The van der Waals surface area contributed by atoms with Crippen LogP contribution in [0.4, 0.5) is 4.79 Å². The van der Waals surface area contributed by atoms with E-state index in [1.165, 1.54) is 6.42 Å². The zero-order valence-corrected chi connectivity index (χ0v) is 12.9. The van der Waals surface area contributed by atoms with Crippen LogP contribution >= 0.6 is 11.8 Å². The van der Waals surface area contributed by atoms with Crippen molar-refractivity contribution in [1.29, 1.82) is 0 Å². The topological polar surface area (TPSA) is 75.3 Å². The molecule has 2 fully saturated rings. The lowest BCUT2D eigenvalue weighted by Crippen LogP contribution is -2.49. The van der Waals surface area contributed by atoms with E-state index < -0.39 is 9.84 Å². The minimum absolute atomic E-state index is 0.0758. The summed E-state index contributed by atoms with van der Waals surface area (Å²) in [5.41, 5.74) is 0. The van der Waals surface area contributed by atoms with Crippen molar-refractivity contribution in [2.45, 2.75) is 43.4 Å². The summed E-state index contributed by atoms with van der Waals surface area (Å²) in [7, 11) is -2.97. The summed E-state index contributed by atoms with van der Waals surface area (Å²) in [6, 6.07) is -0.474. The second-order valence-corrected chi connectivity index (χ2v) is 9.59. The maximum atomic E-state index is 11.8. The van der Waals surface area contributed by atoms with Crippen LogP contribution in [0.2, 0.25) is 0 Å². The van der Waals surface area contributed by atoms with Crippen molar-refractivity contribution in [2.75, 3.05) is 23.8 Å². The Labute approximate surface area is 119 Å². The fourth-order valence-corrected chi connectivity index (χ4v) is 5.50. The van der Waals surface area contributed by atoms with Crippen LogP contribution in [0.15, 0.2) is 0 Å². The van der Waals surface area contributed by atoms with Gasteiger partial charge in [-0.3, -0.25) is 0 Å². The van der Waals surface area contributed by atoms with Crippen LogP contribution in [0.5, 0.6) is 0 Å². The van der Waals surface area contributed by atoms with Gasteiger partial charge < -0.3 is 10.6 Å². The van der Waals surface area contributed by atoms with E-state index in [0.717, 1.165) is 18.6 Å². The van der Waals surface area contributed by atoms with Gasteiger partial charge in [0.2, 0.25) is 0 Å². The summed E-state index contributed by atoms with van der Waals surface area (Å²) in [5.74, 6) is 1.48. The first kappa shape index (κ1) is 15.0. The highest BCUT2D eigenvalue weighted by Gasteiger charge is 2.30. The Hall–Kier alpha value is -0.430. The molecule has 7 heteroatoms. The second kappa shape index (κ2) is 5.91. The smallest absolute Gasteiger partial charge is 0.315 e. The molecule has 2 amide bonds. The zero-order chi connectivity index (χ0) is 13.9. The summed E-state index contributed by atoms with van der Waals surface area (Å²) in [6.07, 6.45) is 3.71. The zero-order valence-electron chi connectivity index (χ0n) is 11.3. The predicted octanol–water partition coefficient (Wildman–Crippen LogP) is 1.15. The van der Waals surface area contributed by atoms with Gasteiger partial charge >= 0.3 is 6.03 Å². The molecule has 5 nitrogen and oxygen atoms in total. The SMILES string of the molecule is C[C@]1(CNC(=O)N[C@@H]2CCCS(=O)(=O)C2)CCCS1. The largest absolute Gasteiger partial charge is 0.337 e. The third kappa shape index (κ3) is 4.56. The second-order valence-electron chi connectivity index (χ2n) is 5.68. The molecule has 2 heterocycles. The highest BCUT2D eigenvalue weighted by atomic mass is 32.2. The molecule has 0 aromatic carbocycles. The van der Waals surface area contributed by atoms with Crippen molar-refractivity contribution in [3.05, 3.63) is 0 Å². The Morgan fingerprint density at radius 1 is 1.42 bits per heavy atom. The van der Waals surface area contributed by atoms with Crippen LogP contribution in [-0.2, 0) is 9.84 Å². The molecule has 0 spiro atoms. The Balaban J connectivity index is 1.75. The number of carbonyl (C=O) groups excluding carboxylic acids is 1. The monoisotopic (exact) mass is 306 g/mol. The number of hydrogen-bond acceptors (Lipinski definition) is 4. The first-order valence-electron chi connectivity index (χ1n) is 6.77. The first-order valence-corrected chi connectivity index (χ1v) is 9.58. The average Bonchev–Trinajstić information content (AvgIpc) is 2.73. The summed E-state index contributed by atoms with van der Waals surface area (Å²) >= 11 is 1.89. The normalized spacial score (nSPS) is 33.8. The average molecular weight is 306 g/mol. The van der Waals surface area contributed by atoms with Crippen LogP contribution < -0.4 is 10.6 Å². The molecule has 0 aliphatic carbocycles. The highest BCUT2D eigenvalue weighted by molar-refractivity contribution is 8.00. The molecule has 19 heavy (non-hydrogen) atoms. The Bertz CT molecular complexity index is 430. The Morgan fingerprint density at radius 2 is 2.21 bits per heavy atom. The summed E-state index contributed by atoms with van der Waals surface area (Å²) in [5, 5.41) is 5.65. The standard InChI is InChI=1S/C12H22N2O3S2/c1-12(5-3-6-18-12)9-13-11(15)14-10-4-2-7-19(16,17)8-10/h10H,2-9H2,1H3,(H2,13,14,15)/t10-,12-/m1/s1. The van der Waals surface area contributed by atoms with Gasteiger partial charge in [-0.2, -0.15) is 11.8 Å². The third-order valence-corrected chi connectivity index (χ3v) is 7.08. The molecule has 0 unspecified atom stereocenters. The van der Waals surface area contributed by atoms with Crippen LogP contribution in [0.3, 0.4) is 0 Å². The molecule has 2 N–H and O–H groups in total. The molecule has 0 aromatic heterocycles. The number of thioether (sulfide) groups is 1. The predicted molar refractivity (Wildman–Crippen MR) is 78.3 cm³/mol. The van der Waals surface area contributed by atoms with Crippen molar-refractivity contribution in [3.63, 3.8) is 0 Å². The Kier molecular flexibility index (Phi) is 4.66. The van der Waals surface area contributed by atoms with E-state index in [1.807, 2.05) is 11.8 Å². The van der Waals surface area contributed by atoms with E-state index in [4.69, 9.17) is 0 Å². The summed E-state index contributed by atoms with van der Waals surface area (Å²) in [4.78, 5) is 11.8. The molecular formula is C12H22N2O3S2. The third-order valence-electron chi connectivity index (χ3n) is 3.72. The first-order chi connectivity index (χ1) is 8.89. The molecule has 2 aliphatic rings. The van der Waals surface area contributed by atoms with Gasteiger partial charge in [0, 0.05) is 17.3 Å². The number of nitrogens with one attached hydrogen (secondary N) is 2. The molecule has 2 aliphatic heterocycles. The highest BCUT2D eigenvalue weighted by Crippen LogP contribution is 2.36. The van der Waals surface area contributed by atoms with Crippen LogP contribution in [0.25, 0.3) is 0 Å². The quantitative estimate of drug-likeness (QED) is 0.820. The van der Waals surface area contributed by atoms with Gasteiger partial charge in [-0.1, -0.05) is 0 Å². The molecule has 2 rings (SSSR count). The molecule has 0 radical (unpaired) electrons. The van der Waals surface area contributed by atoms with Crippen LogP contribution in [0, 0.1) is 0 Å². The van der Waals surface area contributed by atoms with Crippen molar-refractivity contribution in [3.8, 4) is 0 Å². The van der Waals surface area contributed by atoms with Gasteiger partial charge in [0.25, 0.3) is 0 Å². The fourth-order valence-electron chi connectivity index (χ4n) is 2.62. The summed E-state index contributed by atoms with van der Waals surface area (Å²) in [6.45, 7) is 2.80. The Morgan fingerprint density at radius 3 is 2.84 bits per heavy atom. The van der Waals surface area contributed by atoms with Crippen molar-refractivity contribution in [1.82, 2.24) is 10.6 Å². The van der Waals surface area contributed by atoms with E-state index in [0.29, 0.717) is 13.0 Å². The van der Waals surface area contributed by atoms with Gasteiger partial charge in [0.1, 0.15) is 0 Å². The minimum atomic E-state index is -2.97. The number of carbonyl (C=O) groups is 1. The van der Waals surface area contributed by atoms with Gasteiger partial charge in [0.05, 0.1) is 11.5 Å². The molecular weight excluding hydrogens is 284 g/mol. The summed E-state index contributed by atoms with van der Waals surface area (Å²) < 4.78 is 23.1. The molecule has 0 aromatic rings. The van der Waals surface area contributed by atoms with Crippen LogP contribution in [-0.4, -0.2) is 49.0 Å². The number of sulfone groups is 1. The van der Waals surface area contributed by atoms with E-state index in [-0.39, 0.29) is 28.3 Å². The lowest BCUT2D eigenvalue weighted by atomic mass is 10.1. The fraction of sp³-hybridized carbons (Fsp3) is 0.917. The minimum Gasteiger partial charge on any atom is -0.337 e. The molecule has 2 saturated heterocycles. The van der Waals surface area contributed by atoms with E-state index >= 15 is 0 Å². The van der Waals surface area contributed by atoms with Crippen LogP contribution in [0.1, 0.15) is 32.6 Å². The molecule has 0 bridgehead atoms. The molecule has 0 saturated carbocycles. The van der Waals surface area contributed by atoms with Crippen molar-refractivity contribution < 1.29 is 13.2 Å². The van der Waals surface area contributed by atoms with Gasteiger partial charge in [-0.15, -0.1) is 0 Å². The number of amides is 2. The van der Waals surface area contributed by atoms with Gasteiger partial charge in [0.15, 0.2) is 9.84 Å². The number of hydrogen-bond donors (Lipinski definition) is 2. The van der Waals surface area contributed by atoms with E-state index in [1.54, 1.807) is 0 Å². The van der Waals surface area contributed by atoms with Gasteiger partial charge in [-0.25, -0.2) is 13.2 Å². The lowest BCUT2D eigenvalue weighted by Gasteiger charge is -2.26. The van der Waals surface area contributed by atoms with E-state index in [2.05, 4.69) is 17.6 Å². The number of urea groups is 1. The number of rotatable bonds is 3. The van der Waals surface area contributed by atoms with Crippen molar-refractivity contribution >= 4 is 27.6 Å². The van der Waals surface area contributed by atoms with E-state index in [9.17, 15) is 13.2 Å².